The Morgan fingerprint density at radius 3 is 2.72 bits per heavy atom. The molecule has 4 heteroatoms. The fourth-order valence-electron chi connectivity index (χ4n) is 1.82. The van der Waals surface area contributed by atoms with E-state index in [1.165, 1.54) is 30.7 Å². The van der Waals surface area contributed by atoms with Crippen molar-refractivity contribution < 1.29 is 8.78 Å². The smallest absolute Gasteiger partial charge is 0.128 e. The largest absolute Gasteiger partial charge is 0.310 e. The molecule has 0 radical (unpaired) electrons. The van der Waals surface area contributed by atoms with E-state index in [4.69, 9.17) is 0 Å². The third-order valence-electron chi connectivity index (χ3n) is 2.90. The molecule has 0 spiro atoms. The third kappa shape index (κ3) is 5.36. The summed E-state index contributed by atoms with van der Waals surface area (Å²) in [5, 5.41) is 3.23. The summed E-state index contributed by atoms with van der Waals surface area (Å²) in [6.07, 6.45) is 5.56. The zero-order valence-corrected chi connectivity index (χ0v) is 11.8. The highest BCUT2D eigenvalue weighted by Crippen LogP contribution is 2.17. The van der Waals surface area contributed by atoms with Crippen LogP contribution in [0.25, 0.3) is 0 Å². The average Bonchev–Trinajstić information content (AvgIpc) is 2.36. The van der Waals surface area contributed by atoms with E-state index in [2.05, 4.69) is 11.6 Å². The molecule has 0 aliphatic heterocycles. The number of hydrogen-bond donors (Lipinski definition) is 1. The van der Waals surface area contributed by atoms with Crippen LogP contribution in [0.15, 0.2) is 18.2 Å². The predicted octanol–water partition coefficient (Wildman–Crippen LogP) is 4.15. The Kier molecular flexibility index (Phi) is 7.28. The van der Waals surface area contributed by atoms with Gasteiger partial charge in [0.1, 0.15) is 11.6 Å². The molecule has 1 atom stereocenters. The number of unbranched alkanes of at least 4 members (excludes halogenated alkanes) is 2. The number of thioether (sulfide) groups is 1. The lowest BCUT2D eigenvalue weighted by Gasteiger charge is -2.15. The molecule has 1 aromatic rings. The Morgan fingerprint density at radius 1 is 1.22 bits per heavy atom. The molecular weight excluding hydrogens is 252 g/mol. The van der Waals surface area contributed by atoms with E-state index < -0.39 is 0 Å². The van der Waals surface area contributed by atoms with Crippen LogP contribution in [0.1, 0.15) is 37.8 Å². The zero-order chi connectivity index (χ0) is 13.4. The molecule has 0 aliphatic carbocycles. The van der Waals surface area contributed by atoms with Crippen LogP contribution < -0.4 is 5.32 Å². The van der Waals surface area contributed by atoms with E-state index in [1.54, 1.807) is 0 Å². The van der Waals surface area contributed by atoms with Gasteiger partial charge in [0.2, 0.25) is 0 Å². The summed E-state index contributed by atoms with van der Waals surface area (Å²) < 4.78 is 26.5. The highest BCUT2D eigenvalue weighted by molar-refractivity contribution is 7.98. The molecule has 0 aliphatic rings. The second-order valence-corrected chi connectivity index (χ2v) is 5.38. The highest BCUT2D eigenvalue weighted by atomic mass is 32.2. The molecule has 0 fully saturated rings. The monoisotopic (exact) mass is 273 g/mol. The van der Waals surface area contributed by atoms with Gasteiger partial charge in [-0.3, -0.25) is 0 Å². The van der Waals surface area contributed by atoms with Gasteiger partial charge in [-0.1, -0.05) is 6.42 Å². The van der Waals surface area contributed by atoms with E-state index in [0.717, 1.165) is 19.0 Å². The quantitative estimate of drug-likeness (QED) is 0.714. The van der Waals surface area contributed by atoms with Crippen LogP contribution in [0.2, 0.25) is 0 Å². The van der Waals surface area contributed by atoms with Crippen molar-refractivity contribution >= 4 is 11.8 Å². The molecule has 102 valence electrons. The maximum atomic E-state index is 13.5. The van der Waals surface area contributed by atoms with Gasteiger partial charge in [0.05, 0.1) is 0 Å². The fourth-order valence-corrected chi connectivity index (χ4v) is 2.32. The summed E-state index contributed by atoms with van der Waals surface area (Å²) in [6, 6.07) is 3.44. The maximum absolute atomic E-state index is 13.5. The van der Waals surface area contributed by atoms with E-state index >= 15 is 0 Å². The minimum atomic E-state index is -0.389. The van der Waals surface area contributed by atoms with Gasteiger partial charge >= 0.3 is 0 Å². The Balaban J connectivity index is 2.31. The molecule has 18 heavy (non-hydrogen) atoms. The maximum Gasteiger partial charge on any atom is 0.128 e. The van der Waals surface area contributed by atoms with Crippen molar-refractivity contribution in [2.24, 2.45) is 0 Å². The lowest BCUT2D eigenvalue weighted by molar-refractivity contribution is 0.507. The summed E-state index contributed by atoms with van der Waals surface area (Å²) in [4.78, 5) is 0. The lowest BCUT2D eigenvalue weighted by Crippen LogP contribution is -2.21. The minimum absolute atomic E-state index is 0.152. The molecule has 0 heterocycles. The van der Waals surface area contributed by atoms with Gasteiger partial charge in [-0.2, -0.15) is 11.8 Å². The van der Waals surface area contributed by atoms with Crippen molar-refractivity contribution in [2.75, 3.05) is 18.6 Å². The number of rotatable bonds is 8. The summed E-state index contributed by atoms with van der Waals surface area (Å²) in [6.45, 7) is 2.70. The predicted molar refractivity (Wildman–Crippen MR) is 75.0 cm³/mol. The molecule has 1 aromatic carbocycles. The first-order valence-corrected chi connectivity index (χ1v) is 7.72. The van der Waals surface area contributed by atoms with Crippen molar-refractivity contribution in [3.05, 3.63) is 35.4 Å². The molecule has 0 saturated heterocycles. The van der Waals surface area contributed by atoms with Crippen molar-refractivity contribution in [3.63, 3.8) is 0 Å². The van der Waals surface area contributed by atoms with E-state index in [-0.39, 0.29) is 17.7 Å². The van der Waals surface area contributed by atoms with Crippen LogP contribution >= 0.6 is 11.8 Å². The van der Waals surface area contributed by atoms with Gasteiger partial charge in [0.15, 0.2) is 0 Å². The van der Waals surface area contributed by atoms with Gasteiger partial charge in [-0.15, -0.1) is 0 Å². The Labute approximate surface area is 112 Å². The first-order valence-electron chi connectivity index (χ1n) is 6.32. The van der Waals surface area contributed by atoms with Gasteiger partial charge < -0.3 is 5.32 Å². The number of hydrogen-bond acceptors (Lipinski definition) is 2. The van der Waals surface area contributed by atoms with Gasteiger partial charge in [0, 0.05) is 11.6 Å². The first-order chi connectivity index (χ1) is 8.65. The van der Waals surface area contributed by atoms with Crippen LogP contribution in [0.3, 0.4) is 0 Å². The number of benzene rings is 1. The normalized spacial score (nSPS) is 12.7. The van der Waals surface area contributed by atoms with Crippen molar-refractivity contribution in [1.82, 2.24) is 5.32 Å². The summed E-state index contributed by atoms with van der Waals surface area (Å²) in [5.41, 5.74) is 0.402. The van der Waals surface area contributed by atoms with E-state index in [0.29, 0.717) is 5.56 Å². The van der Waals surface area contributed by atoms with Crippen molar-refractivity contribution in [2.45, 2.75) is 32.2 Å². The van der Waals surface area contributed by atoms with Crippen LogP contribution in [0, 0.1) is 11.6 Å². The molecule has 1 N–H and O–H groups in total. The van der Waals surface area contributed by atoms with Crippen molar-refractivity contribution in [3.8, 4) is 0 Å². The second kappa shape index (κ2) is 8.48. The van der Waals surface area contributed by atoms with Crippen LogP contribution in [-0.4, -0.2) is 18.6 Å². The van der Waals surface area contributed by atoms with Crippen molar-refractivity contribution in [1.29, 1.82) is 0 Å². The lowest BCUT2D eigenvalue weighted by atomic mass is 10.1. The molecule has 1 rings (SSSR count). The van der Waals surface area contributed by atoms with Crippen LogP contribution in [-0.2, 0) is 0 Å². The molecule has 1 unspecified atom stereocenters. The topological polar surface area (TPSA) is 12.0 Å². The summed E-state index contributed by atoms with van der Waals surface area (Å²) in [5.74, 6) is 0.451. The van der Waals surface area contributed by atoms with Crippen LogP contribution in [0.5, 0.6) is 0 Å². The zero-order valence-electron chi connectivity index (χ0n) is 11.0. The first kappa shape index (κ1) is 15.4. The number of nitrogens with one attached hydrogen (secondary N) is 1. The summed E-state index contributed by atoms with van der Waals surface area (Å²) >= 11 is 1.85. The molecule has 0 bridgehead atoms. The molecular formula is C14H21F2NS. The van der Waals surface area contributed by atoms with E-state index in [9.17, 15) is 8.78 Å². The molecule has 0 amide bonds. The highest BCUT2D eigenvalue weighted by Gasteiger charge is 2.10. The molecule has 0 aromatic heterocycles. The van der Waals surface area contributed by atoms with Crippen LogP contribution in [0.4, 0.5) is 8.78 Å². The Morgan fingerprint density at radius 2 is 2.00 bits per heavy atom. The Bertz CT molecular complexity index is 358. The molecule has 1 nitrogen and oxygen atoms in total. The second-order valence-electron chi connectivity index (χ2n) is 4.40. The standard InChI is InChI=1S/C14H21F2NS/c1-11(17-8-4-3-5-9-18-2)13-10-12(15)6-7-14(13)16/h6-7,10-11,17H,3-5,8-9H2,1-2H3. The SMILES string of the molecule is CSCCCCCNC(C)c1cc(F)ccc1F. The third-order valence-corrected chi connectivity index (χ3v) is 3.60. The van der Waals surface area contributed by atoms with Gasteiger partial charge in [0.25, 0.3) is 0 Å². The Hall–Kier alpha value is -0.610. The van der Waals surface area contributed by atoms with E-state index in [1.807, 2.05) is 18.7 Å². The fraction of sp³-hybridized carbons (Fsp3) is 0.571. The molecule has 0 saturated carbocycles. The minimum Gasteiger partial charge on any atom is -0.310 e. The van der Waals surface area contributed by atoms with Gasteiger partial charge in [-0.25, -0.2) is 8.78 Å². The average molecular weight is 273 g/mol. The summed E-state index contributed by atoms with van der Waals surface area (Å²) in [7, 11) is 0. The number of halogens is 2. The van der Waals surface area contributed by atoms with Gasteiger partial charge in [-0.05, 0) is 56.5 Å².